The molecule has 218 valence electrons. The van der Waals surface area contributed by atoms with Gasteiger partial charge in [0.15, 0.2) is 0 Å². The van der Waals surface area contributed by atoms with Gasteiger partial charge in [0.05, 0.1) is 45.8 Å². The molecule has 15 heteroatoms. The van der Waals surface area contributed by atoms with Crippen LogP contribution in [-0.2, 0) is 33.4 Å². The number of hydrogen-bond donors (Lipinski definition) is 5. The summed E-state index contributed by atoms with van der Waals surface area (Å²) in [5.41, 5.74) is 1.12. The molecule has 1 heterocycles. The highest BCUT2D eigenvalue weighted by Gasteiger charge is 2.35. The van der Waals surface area contributed by atoms with Gasteiger partial charge in [-0.25, -0.2) is 15.6 Å². The van der Waals surface area contributed by atoms with Crippen molar-refractivity contribution < 1.29 is 49.1 Å². The van der Waals surface area contributed by atoms with Gasteiger partial charge in [-0.2, -0.15) is 0 Å². The van der Waals surface area contributed by atoms with Crippen molar-refractivity contribution in [3.8, 4) is 0 Å². The molecular formula is C23H41N5O10. The highest BCUT2D eigenvalue weighted by atomic mass is 16.5. The molecule has 0 bridgehead atoms. The zero-order valence-electron chi connectivity index (χ0n) is 22.3. The van der Waals surface area contributed by atoms with Crippen LogP contribution in [0.4, 0.5) is 0 Å². The zero-order valence-corrected chi connectivity index (χ0v) is 22.3. The minimum Gasteiger partial charge on any atom is -0.380 e. The first kappa shape index (κ1) is 33.2. The molecule has 0 aromatic rings. The molecule has 5 amide bonds. The molecule has 15 nitrogen and oxygen atoms in total. The molecule has 0 aliphatic carbocycles. The van der Waals surface area contributed by atoms with E-state index in [-0.39, 0.29) is 64.5 Å². The van der Waals surface area contributed by atoms with E-state index < -0.39 is 35.1 Å². The molecule has 0 saturated carbocycles. The maximum Gasteiger partial charge on any atom is 0.268 e. The fourth-order valence-corrected chi connectivity index (χ4v) is 3.66. The number of nitrogens with zero attached hydrogens (tertiary/aromatic N) is 3. The van der Waals surface area contributed by atoms with E-state index >= 15 is 0 Å². The molecule has 0 aromatic carbocycles. The second-order valence-electron chi connectivity index (χ2n) is 9.78. The molecule has 1 saturated heterocycles. The van der Waals surface area contributed by atoms with Crippen molar-refractivity contribution >= 4 is 29.5 Å². The lowest BCUT2D eigenvalue weighted by Crippen LogP contribution is -2.46. The summed E-state index contributed by atoms with van der Waals surface area (Å²) in [7, 11) is 1.21. The lowest BCUT2D eigenvalue weighted by molar-refractivity contribution is -0.167. The zero-order chi connectivity index (χ0) is 28.7. The van der Waals surface area contributed by atoms with Gasteiger partial charge in [0.1, 0.15) is 6.04 Å². The standard InChI is InChI=1S/C23H41N5O10/c1-23(2,15-37-13-8-19(30)25-34)16-38-14-9-21(32)28(36)12-7-18(29)24-10-6-20(31)27-11-4-5-17(27)22(33)26(3)35/h17,34-36H,4-16H2,1-3H3,(H,24,29)(H,25,30). The van der Waals surface area contributed by atoms with Gasteiger partial charge < -0.3 is 19.7 Å². The quantitative estimate of drug-likeness (QED) is 0.0880. The maximum absolute atomic E-state index is 12.4. The molecule has 38 heavy (non-hydrogen) atoms. The Morgan fingerprint density at radius 1 is 0.974 bits per heavy atom. The van der Waals surface area contributed by atoms with Crippen LogP contribution in [0.3, 0.4) is 0 Å². The summed E-state index contributed by atoms with van der Waals surface area (Å²) < 4.78 is 10.9. The number of hydrogen-bond acceptors (Lipinski definition) is 10. The van der Waals surface area contributed by atoms with Crippen LogP contribution in [0.2, 0.25) is 0 Å². The average Bonchev–Trinajstić information content (AvgIpc) is 3.36. The number of rotatable bonds is 17. The van der Waals surface area contributed by atoms with Crippen molar-refractivity contribution in [2.75, 3.05) is 53.1 Å². The van der Waals surface area contributed by atoms with E-state index in [2.05, 4.69) is 5.32 Å². The van der Waals surface area contributed by atoms with Crippen molar-refractivity contribution in [2.45, 2.75) is 58.4 Å². The van der Waals surface area contributed by atoms with Crippen molar-refractivity contribution in [1.82, 2.24) is 25.8 Å². The number of carbonyl (C=O) groups is 5. The van der Waals surface area contributed by atoms with Crippen molar-refractivity contribution in [3.05, 3.63) is 0 Å². The molecule has 0 spiro atoms. The number of likely N-dealkylation sites (N-methyl/N-ethyl adjacent to an activating group) is 1. The molecule has 5 N–H and O–H groups in total. The fourth-order valence-electron chi connectivity index (χ4n) is 3.66. The Balaban J connectivity index is 2.20. The molecule has 1 aliphatic heterocycles. The van der Waals surface area contributed by atoms with E-state index in [1.807, 2.05) is 13.8 Å². The van der Waals surface area contributed by atoms with E-state index in [1.54, 1.807) is 0 Å². The normalized spacial score (nSPS) is 15.2. The second-order valence-corrected chi connectivity index (χ2v) is 9.78. The predicted octanol–water partition coefficient (Wildman–Crippen LogP) is -0.716. The summed E-state index contributed by atoms with van der Waals surface area (Å²) in [6.45, 7) is 4.71. The Bertz CT molecular complexity index is 807. The van der Waals surface area contributed by atoms with Gasteiger partial charge in [-0.3, -0.25) is 39.6 Å². The summed E-state index contributed by atoms with van der Waals surface area (Å²) in [6.07, 6.45) is 0.841. The van der Waals surface area contributed by atoms with Gasteiger partial charge >= 0.3 is 0 Å². The van der Waals surface area contributed by atoms with Gasteiger partial charge in [-0.05, 0) is 12.8 Å². The summed E-state index contributed by atoms with van der Waals surface area (Å²) in [6, 6.07) is -0.711. The molecule has 0 aromatic heterocycles. The van der Waals surface area contributed by atoms with E-state index in [0.717, 1.165) is 0 Å². The lowest BCUT2D eigenvalue weighted by Gasteiger charge is -2.25. The number of likely N-dealkylation sites (tertiary alicyclic amines) is 1. The van der Waals surface area contributed by atoms with Gasteiger partial charge in [-0.15, -0.1) is 0 Å². The van der Waals surface area contributed by atoms with Crippen LogP contribution in [0.5, 0.6) is 0 Å². The van der Waals surface area contributed by atoms with E-state index in [9.17, 15) is 34.4 Å². The first-order valence-electron chi connectivity index (χ1n) is 12.5. The van der Waals surface area contributed by atoms with Crippen molar-refractivity contribution in [1.29, 1.82) is 0 Å². The summed E-state index contributed by atoms with van der Waals surface area (Å²) in [5, 5.41) is 31.1. The van der Waals surface area contributed by atoms with Crippen LogP contribution < -0.4 is 10.8 Å². The summed E-state index contributed by atoms with van der Waals surface area (Å²) in [4.78, 5) is 60.8. The predicted molar refractivity (Wildman–Crippen MR) is 130 cm³/mol. The van der Waals surface area contributed by atoms with Gasteiger partial charge in [-0.1, -0.05) is 13.8 Å². The smallest absolute Gasteiger partial charge is 0.268 e. The molecular weight excluding hydrogens is 506 g/mol. The van der Waals surface area contributed by atoms with Crippen molar-refractivity contribution in [2.24, 2.45) is 5.41 Å². The topological polar surface area (TPSA) is 198 Å². The van der Waals surface area contributed by atoms with Crippen LogP contribution in [-0.4, -0.2) is 119 Å². The largest absolute Gasteiger partial charge is 0.380 e. The minimum absolute atomic E-state index is 0.0229. The van der Waals surface area contributed by atoms with E-state index in [4.69, 9.17) is 14.7 Å². The average molecular weight is 548 g/mol. The van der Waals surface area contributed by atoms with Crippen LogP contribution in [0.25, 0.3) is 0 Å². The van der Waals surface area contributed by atoms with Crippen molar-refractivity contribution in [3.63, 3.8) is 0 Å². The maximum atomic E-state index is 12.4. The monoisotopic (exact) mass is 547 g/mol. The minimum atomic E-state index is -0.711. The van der Waals surface area contributed by atoms with Gasteiger partial charge in [0.2, 0.25) is 23.6 Å². The lowest BCUT2D eigenvalue weighted by atomic mass is 9.96. The second kappa shape index (κ2) is 16.9. The third kappa shape index (κ3) is 12.6. The van der Waals surface area contributed by atoms with Gasteiger partial charge in [0, 0.05) is 38.4 Å². The molecule has 1 atom stereocenters. The highest BCUT2D eigenvalue weighted by molar-refractivity contribution is 5.88. The highest BCUT2D eigenvalue weighted by Crippen LogP contribution is 2.19. The Morgan fingerprint density at radius 3 is 2.21 bits per heavy atom. The first-order valence-corrected chi connectivity index (χ1v) is 12.5. The van der Waals surface area contributed by atoms with E-state index in [1.165, 1.54) is 17.4 Å². The van der Waals surface area contributed by atoms with E-state index in [0.29, 0.717) is 36.1 Å². The number of ether oxygens (including phenoxy) is 2. The third-order valence-electron chi connectivity index (χ3n) is 5.72. The summed E-state index contributed by atoms with van der Waals surface area (Å²) in [5.74, 6) is -2.49. The molecule has 1 fully saturated rings. The van der Waals surface area contributed by atoms with Crippen LogP contribution in [0, 0.1) is 5.41 Å². The Hall–Kier alpha value is -2.85. The third-order valence-corrected chi connectivity index (χ3v) is 5.72. The Labute approximate surface area is 221 Å². The Kier molecular flexibility index (Phi) is 14.7. The number of hydroxylamine groups is 5. The Morgan fingerprint density at radius 2 is 1.61 bits per heavy atom. The van der Waals surface area contributed by atoms with Crippen LogP contribution in [0.15, 0.2) is 0 Å². The molecule has 1 rings (SSSR count). The van der Waals surface area contributed by atoms with Gasteiger partial charge in [0.25, 0.3) is 5.91 Å². The number of amides is 5. The molecule has 1 aliphatic rings. The van der Waals surface area contributed by atoms with Crippen LogP contribution >= 0.6 is 0 Å². The summed E-state index contributed by atoms with van der Waals surface area (Å²) >= 11 is 0. The number of nitrogens with one attached hydrogen (secondary N) is 2. The van der Waals surface area contributed by atoms with Crippen LogP contribution in [0.1, 0.15) is 52.4 Å². The SMILES string of the molecule is CN(O)C(=O)C1CCCN1C(=O)CCNC(=O)CCN(O)C(=O)CCOCC(C)(C)COCCC(=O)NO. The number of carbonyl (C=O) groups excluding carboxylic acids is 5. The fraction of sp³-hybridized carbons (Fsp3) is 0.783. The molecule has 1 unspecified atom stereocenters. The molecule has 0 radical (unpaired) electrons. The first-order chi connectivity index (χ1) is 17.9.